The molecule has 0 spiro atoms. The summed E-state index contributed by atoms with van der Waals surface area (Å²) in [6, 6.07) is 3.64. The second kappa shape index (κ2) is 5.81. The summed E-state index contributed by atoms with van der Waals surface area (Å²) in [4.78, 5) is 0. The maximum Gasteiger partial charge on any atom is 0.176 e. The first kappa shape index (κ1) is 12.9. The maximum atomic E-state index is 5.70. The topological polar surface area (TPSA) is 18.5 Å². The van der Waals surface area contributed by atoms with E-state index in [1.54, 1.807) is 7.11 Å². The van der Waals surface area contributed by atoms with Crippen LogP contribution in [0.5, 0.6) is 11.5 Å². The number of hydrogen-bond donors (Lipinski definition) is 0. The molecule has 0 heterocycles. The molecule has 0 amide bonds. The number of terminal acetylenes is 1. The Kier molecular flexibility index (Phi) is 4.70. The van der Waals surface area contributed by atoms with Crippen molar-refractivity contribution in [3.8, 4) is 23.8 Å². The Labute approximate surface area is 105 Å². The third kappa shape index (κ3) is 2.93. The van der Waals surface area contributed by atoms with Crippen molar-refractivity contribution in [2.45, 2.75) is 13.8 Å². The van der Waals surface area contributed by atoms with Gasteiger partial charge in [0.25, 0.3) is 0 Å². The molecule has 2 nitrogen and oxygen atoms in total. The third-order valence-corrected chi connectivity index (χ3v) is 2.78. The number of methoxy groups -OCH3 is 1. The molecule has 1 aromatic rings. The van der Waals surface area contributed by atoms with Crippen LogP contribution in [0, 0.1) is 18.3 Å². The molecule has 16 heavy (non-hydrogen) atoms. The summed E-state index contributed by atoms with van der Waals surface area (Å²) in [5.41, 5.74) is 0.763. The number of benzene rings is 1. The third-order valence-electron chi connectivity index (χ3n) is 2.00. The lowest BCUT2D eigenvalue weighted by atomic mass is 10.2. The Hall–Kier alpha value is -1.14. The van der Waals surface area contributed by atoms with Crippen LogP contribution in [0.4, 0.5) is 0 Å². The van der Waals surface area contributed by atoms with Crippen LogP contribution in [0.25, 0.3) is 0 Å². The van der Waals surface area contributed by atoms with Gasteiger partial charge in [-0.05, 0) is 34.0 Å². The average molecular weight is 283 g/mol. The molecule has 0 saturated carbocycles. The lowest BCUT2D eigenvalue weighted by Crippen LogP contribution is -2.06. The zero-order valence-electron chi connectivity index (χ0n) is 9.71. The molecule has 0 N–H and O–H groups in total. The van der Waals surface area contributed by atoms with Gasteiger partial charge in [-0.1, -0.05) is 19.8 Å². The molecular weight excluding hydrogens is 268 g/mol. The average Bonchev–Trinajstić information content (AvgIpc) is 2.26. The highest BCUT2D eigenvalue weighted by Crippen LogP contribution is 2.37. The van der Waals surface area contributed by atoms with Crippen LogP contribution in [0.15, 0.2) is 16.6 Å². The number of rotatable bonds is 4. The second-order valence-electron chi connectivity index (χ2n) is 3.81. The number of hydrogen-bond acceptors (Lipinski definition) is 2. The van der Waals surface area contributed by atoms with Crippen molar-refractivity contribution in [2.24, 2.45) is 5.92 Å². The summed E-state index contributed by atoms with van der Waals surface area (Å²) < 4.78 is 11.7. The Morgan fingerprint density at radius 3 is 2.62 bits per heavy atom. The summed E-state index contributed by atoms with van der Waals surface area (Å²) in [5.74, 6) is 4.40. The van der Waals surface area contributed by atoms with Crippen LogP contribution in [-0.2, 0) is 0 Å². The molecule has 0 aliphatic heterocycles. The Balaban J connectivity index is 3.07. The highest BCUT2D eigenvalue weighted by molar-refractivity contribution is 9.10. The SMILES string of the molecule is C#Cc1ccc(OC)c(OCC(C)C)c1Br. The molecule has 0 atom stereocenters. The summed E-state index contributed by atoms with van der Waals surface area (Å²) in [5, 5.41) is 0. The lowest BCUT2D eigenvalue weighted by Gasteiger charge is -2.14. The van der Waals surface area contributed by atoms with E-state index in [1.807, 2.05) is 12.1 Å². The van der Waals surface area contributed by atoms with Gasteiger partial charge in [-0.15, -0.1) is 6.42 Å². The van der Waals surface area contributed by atoms with Gasteiger partial charge in [-0.2, -0.15) is 0 Å². The molecule has 0 bridgehead atoms. The molecule has 0 aromatic heterocycles. The van der Waals surface area contributed by atoms with Gasteiger partial charge in [0.2, 0.25) is 0 Å². The van der Waals surface area contributed by atoms with Crippen LogP contribution in [0.3, 0.4) is 0 Å². The van der Waals surface area contributed by atoms with Crippen molar-refractivity contribution in [2.75, 3.05) is 13.7 Å². The number of ether oxygens (including phenoxy) is 2. The molecule has 3 heteroatoms. The summed E-state index contributed by atoms with van der Waals surface area (Å²) in [6.07, 6.45) is 5.39. The van der Waals surface area contributed by atoms with Crippen LogP contribution in [0.2, 0.25) is 0 Å². The molecular formula is C13H15BrO2. The van der Waals surface area contributed by atoms with Crippen molar-refractivity contribution in [3.05, 3.63) is 22.2 Å². The van der Waals surface area contributed by atoms with Gasteiger partial charge >= 0.3 is 0 Å². The van der Waals surface area contributed by atoms with Crippen molar-refractivity contribution >= 4 is 15.9 Å². The monoisotopic (exact) mass is 282 g/mol. The highest BCUT2D eigenvalue weighted by Gasteiger charge is 2.12. The largest absolute Gasteiger partial charge is 0.493 e. The Morgan fingerprint density at radius 1 is 1.44 bits per heavy atom. The normalized spacial score (nSPS) is 10.0. The van der Waals surface area contributed by atoms with E-state index in [1.165, 1.54) is 0 Å². The first-order valence-electron chi connectivity index (χ1n) is 5.06. The molecule has 0 fully saturated rings. The Bertz CT molecular complexity index is 405. The number of halogens is 1. The second-order valence-corrected chi connectivity index (χ2v) is 4.60. The Morgan fingerprint density at radius 2 is 2.12 bits per heavy atom. The van der Waals surface area contributed by atoms with E-state index in [0.29, 0.717) is 24.0 Å². The van der Waals surface area contributed by atoms with Crippen molar-refractivity contribution in [1.29, 1.82) is 0 Å². The first-order chi connectivity index (χ1) is 7.60. The minimum atomic E-state index is 0.450. The van der Waals surface area contributed by atoms with E-state index in [0.717, 1.165) is 10.0 Å². The van der Waals surface area contributed by atoms with E-state index in [2.05, 4.69) is 35.7 Å². The van der Waals surface area contributed by atoms with Gasteiger partial charge in [0.05, 0.1) is 18.2 Å². The molecule has 1 rings (SSSR count). The van der Waals surface area contributed by atoms with E-state index in [-0.39, 0.29) is 0 Å². The minimum absolute atomic E-state index is 0.450. The standard InChI is InChI=1S/C13H15BrO2/c1-5-10-6-7-11(15-4)13(12(10)14)16-8-9(2)3/h1,6-7,9H,8H2,2-4H3. The van der Waals surface area contributed by atoms with E-state index in [4.69, 9.17) is 15.9 Å². The van der Waals surface area contributed by atoms with Crippen LogP contribution in [0.1, 0.15) is 19.4 Å². The molecule has 0 unspecified atom stereocenters. The van der Waals surface area contributed by atoms with Gasteiger partial charge in [-0.25, -0.2) is 0 Å². The molecule has 86 valence electrons. The molecule has 0 saturated heterocycles. The fourth-order valence-corrected chi connectivity index (χ4v) is 1.75. The van der Waals surface area contributed by atoms with Crippen LogP contribution < -0.4 is 9.47 Å². The summed E-state index contributed by atoms with van der Waals surface area (Å²) in [6.45, 7) is 4.81. The highest BCUT2D eigenvalue weighted by atomic mass is 79.9. The van der Waals surface area contributed by atoms with Gasteiger partial charge in [-0.3, -0.25) is 0 Å². The van der Waals surface area contributed by atoms with Crippen molar-refractivity contribution in [3.63, 3.8) is 0 Å². The first-order valence-corrected chi connectivity index (χ1v) is 5.85. The predicted molar refractivity (Wildman–Crippen MR) is 69.0 cm³/mol. The maximum absolute atomic E-state index is 5.70. The fraction of sp³-hybridized carbons (Fsp3) is 0.385. The molecule has 0 aliphatic carbocycles. The zero-order chi connectivity index (χ0) is 12.1. The van der Waals surface area contributed by atoms with Gasteiger partial charge < -0.3 is 9.47 Å². The predicted octanol–water partition coefficient (Wildman–Crippen LogP) is 3.47. The van der Waals surface area contributed by atoms with E-state index < -0.39 is 0 Å². The van der Waals surface area contributed by atoms with Crippen LogP contribution in [-0.4, -0.2) is 13.7 Å². The molecule has 0 aliphatic rings. The van der Waals surface area contributed by atoms with Crippen molar-refractivity contribution in [1.82, 2.24) is 0 Å². The van der Waals surface area contributed by atoms with Crippen LogP contribution >= 0.6 is 15.9 Å². The van der Waals surface area contributed by atoms with E-state index in [9.17, 15) is 0 Å². The smallest absolute Gasteiger partial charge is 0.176 e. The quantitative estimate of drug-likeness (QED) is 0.788. The van der Waals surface area contributed by atoms with Crippen molar-refractivity contribution < 1.29 is 9.47 Å². The minimum Gasteiger partial charge on any atom is -0.493 e. The van der Waals surface area contributed by atoms with Gasteiger partial charge in [0.15, 0.2) is 11.5 Å². The molecule has 1 aromatic carbocycles. The summed E-state index contributed by atoms with van der Waals surface area (Å²) >= 11 is 3.44. The van der Waals surface area contributed by atoms with Gasteiger partial charge in [0, 0.05) is 5.56 Å². The lowest BCUT2D eigenvalue weighted by molar-refractivity contribution is 0.255. The molecule has 0 radical (unpaired) electrons. The summed E-state index contributed by atoms with van der Waals surface area (Å²) in [7, 11) is 1.61. The van der Waals surface area contributed by atoms with Gasteiger partial charge in [0.1, 0.15) is 0 Å². The van der Waals surface area contributed by atoms with E-state index >= 15 is 0 Å². The zero-order valence-corrected chi connectivity index (χ0v) is 11.3. The fourth-order valence-electron chi connectivity index (χ4n) is 1.20.